The number of aromatic nitrogens is 2. The largest absolute Gasteiger partial charge is 0.545 e. The summed E-state index contributed by atoms with van der Waals surface area (Å²) in [4.78, 5) is 15.8. The first-order valence-electron chi connectivity index (χ1n) is 4.16. The summed E-state index contributed by atoms with van der Waals surface area (Å²) in [6, 6.07) is 3.37. The minimum Gasteiger partial charge on any atom is -0.545 e. The fourth-order valence-electron chi connectivity index (χ4n) is 1.27. The Morgan fingerprint density at radius 3 is 2.62 bits per heavy atom. The Hall–Kier alpha value is -2.05. The summed E-state index contributed by atoms with van der Waals surface area (Å²) in [5, 5.41) is 10.5. The summed E-state index contributed by atoms with van der Waals surface area (Å²) in [5.74, 6) is -2.61. The van der Waals surface area contributed by atoms with E-state index >= 15 is 0 Å². The average Bonchev–Trinajstić information content (AvgIpc) is 2.58. The van der Waals surface area contributed by atoms with Crippen molar-refractivity contribution in [3.63, 3.8) is 0 Å². The van der Waals surface area contributed by atoms with E-state index < -0.39 is 18.0 Å². The number of carbonyl (C=O) groups is 1. The number of halogens is 3. The van der Waals surface area contributed by atoms with Gasteiger partial charge < -0.3 is 14.9 Å². The Labute approximate surface area is 86.7 Å². The van der Waals surface area contributed by atoms with Gasteiger partial charge in [0, 0.05) is 0 Å². The van der Waals surface area contributed by atoms with Crippen molar-refractivity contribution < 1.29 is 23.1 Å². The smallest absolute Gasteiger partial charge is 0.449 e. The molecule has 0 spiro atoms. The number of aromatic carboxylic acids is 1. The fraction of sp³-hybridized carbons (Fsp3) is 0.111. The molecule has 0 bridgehead atoms. The lowest BCUT2D eigenvalue weighted by Gasteiger charge is -2.00. The van der Waals surface area contributed by atoms with Gasteiger partial charge in [0.2, 0.25) is 5.82 Å². The van der Waals surface area contributed by atoms with E-state index in [1.807, 2.05) is 4.98 Å². The number of alkyl halides is 3. The maximum absolute atomic E-state index is 12.3. The van der Waals surface area contributed by atoms with Gasteiger partial charge in [-0.25, -0.2) is 4.98 Å². The van der Waals surface area contributed by atoms with Gasteiger partial charge in [-0.05, 0) is 17.7 Å². The van der Waals surface area contributed by atoms with Crippen molar-refractivity contribution in [3.8, 4) is 0 Å². The van der Waals surface area contributed by atoms with Crippen LogP contribution in [0.2, 0.25) is 0 Å². The van der Waals surface area contributed by atoms with Gasteiger partial charge in [-0.15, -0.1) is 0 Å². The molecule has 1 N–H and O–H groups in total. The molecule has 0 saturated heterocycles. The van der Waals surface area contributed by atoms with Crippen LogP contribution in [0.15, 0.2) is 18.2 Å². The van der Waals surface area contributed by atoms with Crippen LogP contribution in [0.4, 0.5) is 13.2 Å². The van der Waals surface area contributed by atoms with Gasteiger partial charge in [0.1, 0.15) is 0 Å². The van der Waals surface area contributed by atoms with Gasteiger partial charge in [-0.3, -0.25) is 0 Å². The summed E-state index contributed by atoms with van der Waals surface area (Å²) < 4.78 is 36.8. The van der Waals surface area contributed by atoms with Crippen LogP contribution in [0.5, 0.6) is 0 Å². The Morgan fingerprint density at radius 2 is 2.06 bits per heavy atom. The van der Waals surface area contributed by atoms with Crippen molar-refractivity contribution in [1.29, 1.82) is 0 Å². The lowest BCUT2D eigenvalue weighted by atomic mass is 10.2. The zero-order valence-corrected chi connectivity index (χ0v) is 7.63. The molecule has 0 radical (unpaired) electrons. The molecule has 0 atom stereocenters. The van der Waals surface area contributed by atoms with Gasteiger partial charge in [-0.1, -0.05) is 6.07 Å². The number of carboxylic acid groups (broad SMARTS) is 1. The average molecular weight is 229 g/mol. The highest BCUT2D eigenvalue weighted by Gasteiger charge is 2.34. The molecule has 16 heavy (non-hydrogen) atoms. The predicted molar refractivity (Wildman–Crippen MR) is 45.4 cm³/mol. The van der Waals surface area contributed by atoms with Crippen molar-refractivity contribution in [2.24, 2.45) is 0 Å². The van der Waals surface area contributed by atoms with Crippen molar-refractivity contribution >= 4 is 17.0 Å². The quantitative estimate of drug-likeness (QED) is 0.791. The number of benzene rings is 1. The van der Waals surface area contributed by atoms with Crippen LogP contribution in [0, 0.1) is 0 Å². The van der Waals surface area contributed by atoms with Crippen LogP contribution in [-0.4, -0.2) is 15.9 Å². The number of nitrogens with zero attached hydrogens (tertiary/aromatic N) is 1. The van der Waals surface area contributed by atoms with Crippen molar-refractivity contribution in [2.45, 2.75) is 6.18 Å². The van der Waals surface area contributed by atoms with E-state index in [9.17, 15) is 23.1 Å². The highest BCUT2D eigenvalue weighted by molar-refractivity contribution is 5.91. The number of hydrogen-bond acceptors (Lipinski definition) is 3. The second-order valence-electron chi connectivity index (χ2n) is 3.10. The van der Waals surface area contributed by atoms with E-state index in [0.29, 0.717) is 0 Å². The summed E-state index contributed by atoms with van der Waals surface area (Å²) >= 11 is 0. The number of imidazole rings is 1. The summed E-state index contributed by atoms with van der Waals surface area (Å²) in [7, 11) is 0. The Bertz CT molecular complexity index is 559. The Balaban J connectivity index is 2.59. The first-order valence-corrected chi connectivity index (χ1v) is 4.16. The molecular weight excluding hydrogens is 225 g/mol. The van der Waals surface area contributed by atoms with Crippen LogP contribution in [0.3, 0.4) is 0 Å². The van der Waals surface area contributed by atoms with Crippen LogP contribution >= 0.6 is 0 Å². The first-order chi connectivity index (χ1) is 7.38. The molecule has 0 aliphatic carbocycles. The van der Waals surface area contributed by atoms with E-state index in [1.165, 1.54) is 6.07 Å². The van der Waals surface area contributed by atoms with Crippen LogP contribution in [-0.2, 0) is 6.18 Å². The molecule has 7 heteroatoms. The zero-order chi connectivity index (χ0) is 11.9. The third kappa shape index (κ3) is 1.71. The molecule has 2 aromatic rings. The molecule has 1 aromatic carbocycles. The van der Waals surface area contributed by atoms with Gasteiger partial charge in [0.05, 0.1) is 17.0 Å². The molecule has 0 aliphatic rings. The van der Waals surface area contributed by atoms with E-state index in [1.54, 1.807) is 0 Å². The Kier molecular flexibility index (Phi) is 2.11. The number of aromatic amines is 1. The summed E-state index contributed by atoms with van der Waals surface area (Å²) in [6.07, 6.45) is -4.58. The molecule has 0 saturated carbocycles. The van der Waals surface area contributed by atoms with Gasteiger partial charge in [-0.2, -0.15) is 13.2 Å². The fourth-order valence-corrected chi connectivity index (χ4v) is 1.27. The van der Waals surface area contributed by atoms with Crippen LogP contribution < -0.4 is 5.11 Å². The van der Waals surface area contributed by atoms with Crippen molar-refractivity contribution in [1.82, 2.24) is 9.97 Å². The monoisotopic (exact) mass is 229 g/mol. The molecule has 1 aromatic heterocycles. The second-order valence-corrected chi connectivity index (χ2v) is 3.10. The third-order valence-corrected chi connectivity index (χ3v) is 1.99. The van der Waals surface area contributed by atoms with Gasteiger partial charge in [0.25, 0.3) is 0 Å². The SMILES string of the molecule is O=C([O-])c1ccc2nc(C(F)(F)F)[nH]c2c1. The number of rotatable bonds is 1. The molecule has 2 rings (SSSR count). The van der Waals surface area contributed by atoms with Gasteiger partial charge >= 0.3 is 6.18 Å². The minimum atomic E-state index is -4.58. The van der Waals surface area contributed by atoms with Crippen LogP contribution in [0.1, 0.15) is 16.2 Å². The standard InChI is InChI=1S/C9H5F3N2O2/c10-9(11,12)8-13-5-2-1-4(7(15)16)3-6(5)14-8/h1-3H,(H,13,14)(H,15,16)/p-1. The Morgan fingerprint density at radius 1 is 1.38 bits per heavy atom. The third-order valence-electron chi connectivity index (χ3n) is 1.99. The minimum absolute atomic E-state index is 0.00836. The van der Waals surface area contributed by atoms with E-state index in [-0.39, 0.29) is 16.6 Å². The van der Waals surface area contributed by atoms with E-state index in [2.05, 4.69) is 4.98 Å². The highest BCUT2D eigenvalue weighted by Crippen LogP contribution is 2.28. The van der Waals surface area contributed by atoms with E-state index in [0.717, 1.165) is 12.1 Å². The lowest BCUT2D eigenvalue weighted by Crippen LogP contribution is -2.21. The van der Waals surface area contributed by atoms with Gasteiger partial charge in [0.15, 0.2) is 0 Å². The number of hydrogen-bond donors (Lipinski definition) is 1. The molecular formula is C9H4F3N2O2-. The maximum atomic E-state index is 12.3. The van der Waals surface area contributed by atoms with Crippen molar-refractivity contribution in [3.05, 3.63) is 29.6 Å². The van der Waals surface area contributed by atoms with Crippen LogP contribution in [0.25, 0.3) is 11.0 Å². The highest BCUT2D eigenvalue weighted by atomic mass is 19.4. The van der Waals surface area contributed by atoms with E-state index in [4.69, 9.17) is 0 Å². The molecule has 1 heterocycles. The normalized spacial score (nSPS) is 11.9. The maximum Gasteiger partial charge on any atom is 0.449 e. The van der Waals surface area contributed by atoms with Crippen molar-refractivity contribution in [2.75, 3.05) is 0 Å². The number of nitrogens with one attached hydrogen (secondary N) is 1. The molecule has 0 unspecified atom stereocenters. The number of fused-ring (bicyclic) bond motifs is 1. The summed E-state index contributed by atoms with van der Waals surface area (Å²) in [5.41, 5.74) is -0.142. The molecule has 4 nitrogen and oxygen atoms in total. The first kappa shape index (κ1) is 10.5. The lowest BCUT2D eigenvalue weighted by molar-refractivity contribution is -0.255. The molecule has 0 amide bonds. The second kappa shape index (κ2) is 3.22. The number of H-pyrrole nitrogens is 1. The molecule has 84 valence electrons. The molecule has 0 fully saturated rings. The number of carboxylic acids is 1. The number of carbonyl (C=O) groups excluding carboxylic acids is 1. The predicted octanol–water partition coefficient (Wildman–Crippen LogP) is 0.945. The molecule has 0 aliphatic heterocycles. The topological polar surface area (TPSA) is 68.8 Å². The zero-order valence-electron chi connectivity index (χ0n) is 7.63. The summed E-state index contributed by atoms with van der Waals surface area (Å²) in [6.45, 7) is 0.